The van der Waals surface area contributed by atoms with Crippen molar-refractivity contribution < 1.29 is 4.39 Å². The molecule has 3 heteroatoms. The lowest BCUT2D eigenvalue weighted by atomic mass is 9.88. The van der Waals surface area contributed by atoms with Gasteiger partial charge in [-0.15, -0.1) is 0 Å². The average Bonchev–Trinajstić information content (AvgIpc) is 2.47. The molecule has 1 nitrogen and oxygen atoms in total. The van der Waals surface area contributed by atoms with Crippen LogP contribution in [0.1, 0.15) is 36.1 Å². The molecule has 0 radical (unpaired) electrons. The Morgan fingerprint density at radius 2 is 2.05 bits per heavy atom. The van der Waals surface area contributed by atoms with Crippen LogP contribution < -0.4 is 5.32 Å². The van der Waals surface area contributed by atoms with Gasteiger partial charge < -0.3 is 5.32 Å². The number of rotatable bonds is 3. The highest BCUT2D eigenvalue weighted by Gasteiger charge is 2.20. The number of hydrogen-bond donors (Lipinski definition) is 1. The molecule has 2 aromatic rings. The molecule has 0 amide bonds. The van der Waals surface area contributed by atoms with E-state index in [1.807, 2.05) is 6.07 Å². The fourth-order valence-electron chi connectivity index (χ4n) is 3.09. The van der Waals surface area contributed by atoms with E-state index in [-0.39, 0.29) is 11.9 Å². The van der Waals surface area contributed by atoms with Gasteiger partial charge in [-0.3, -0.25) is 0 Å². The molecule has 21 heavy (non-hydrogen) atoms. The summed E-state index contributed by atoms with van der Waals surface area (Å²) in [5.41, 5.74) is 3.88. The summed E-state index contributed by atoms with van der Waals surface area (Å²) >= 11 is 3.53. The molecule has 0 aliphatic heterocycles. The second kappa shape index (κ2) is 6.29. The van der Waals surface area contributed by atoms with Crippen LogP contribution in [0.3, 0.4) is 0 Å². The minimum atomic E-state index is -0.167. The van der Waals surface area contributed by atoms with E-state index >= 15 is 0 Å². The molecule has 0 bridgehead atoms. The predicted octanol–water partition coefficient (Wildman–Crippen LogP) is 4.80. The molecule has 0 spiro atoms. The Balaban J connectivity index is 1.68. The van der Waals surface area contributed by atoms with Crippen molar-refractivity contribution in [1.29, 1.82) is 0 Å². The topological polar surface area (TPSA) is 12.0 Å². The monoisotopic (exact) mass is 347 g/mol. The van der Waals surface area contributed by atoms with Crippen LogP contribution >= 0.6 is 15.9 Å². The van der Waals surface area contributed by atoms with Crippen LogP contribution in [-0.2, 0) is 12.8 Å². The molecular weight excluding hydrogens is 329 g/mol. The first-order valence-corrected chi connectivity index (χ1v) is 8.20. The van der Waals surface area contributed by atoms with Crippen LogP contribution in [0.25, 0.3) is 0 Å². The third kappa shape index (κ3) is 3.53. The summed E-state index contributed by atoms with van der Waals surface area (Å²) in [5.74, 6) is -0.167. The Morgan fingerprint density at radius 3 is 2.86 bits per heavy atom. The third-order valence-corrected chi connectivity index (χ3v) is 4.72. The number of hydrogen-bond acceptors (Lipinski definition) is 1. The summed E-state index contributed by atoms with van der Waals surface area (Å²) in [5, 5.41) is 3.64. The SMILES string of the molecule is C[C@H](NC1CCc2cc(Br)ccc2C1)c1cccc(F)c1. The van der Waals surface area contributed by atoms with Gasteiger partial charge in [0.1, 0.15) is 5.82 Å². The molecule has 0 saturated heterocycles. The van der Waals surface area contributed by atoms with Crippen molar-refractivity contribution in [1.82, 2.24) is 5.32 Å². The minimum absolute atomic E-state index is 0.167. The second-order valence-electron chi connectivity index (χ2n) is 5.80. The molecule has 110 valence electrons. The van der Waals surface area contributed by atoms with E-state index in [1.165, 1.54) is 17.2 Å². The van der Waals surface area contributed by atoms with Gasteiger partial charge in [0.25, 0.3) is 0 Å². The maximum atomic E-state index is 13.3. The van der Waals surface area contributed by atoms with Crippen LogP contribution in [-0.4, -0.2) is 6.04 Å². The molecule has 2 aromatic carbocycles. The van der Waals surface area contributed by atoms with Gasteiger partial charge in [0.2, 0.25) is 0 Å². The van der Waals surface area contributed by atoms with Gasteiger partial charge in [0.05, 0.1) is 0 Å². The zero-order valence-electron chi connectivity index (χ0n) is 12.1. The summed E-state index contributed by atoms with van der Waals surface area (Å²) in [4.78, 5) is 0. The van der Waals surface area contributed by atoms with Gasteiger partial charge >= 0.3 is 0 Å². The molecule has 1 aliphatic rings. The normalized spacial score (nSPS) is 19.1. The van der Waals surface area contributed by atoms with E-state index in [9.17, 15) is 4.39 Å². The minimum Gasteiger partial charge on any atom is -0.307 e. The molecule has 0 saturated carbocycles. The highest BCUT2D eigenvalue weighted by molar-refractivity contribution is 9.10. The summed E-state index contributed by atoms with van der Waals surface area (Å²) < 4.78 is 14.5. The van der Waals surface area contributed by atoms with Crippen LogP contribution in [0.5, 0.6) is 0 Å². The molecule has 2 atom stereocenters. The second-order valence-corrected chi connectivity index (χ2v) is 6.71. The fraction of sp³-hybridized carbons (Fsp3) is 0.333. The van der Waals surface area contributed by atoms with Crippen LogP contribution in [0, 0.1) is 5.82 Å². The Hall–Kier alpha value is -1.19. The lowest BCUT2D eigenvalue weighted by Gasteiger charge is -2.29. The van der Waals surface area contributed by atoms with Crippen molar-refractivity contribution in [2.75, 3.05) is 0 Å². The van der Waals surface area contributed by atoms with Gasteiger partial charge in [0.15, 0.2) is 0 Å². The predicted molar refractivity (Wildman–Crippen MR) is 87.9 cm³/mol. The first kappa shape index (κ1) is 14.7. The van der Waals surface area contributed by atoms with Gasteiger partial charge in [-0.1, -0.05) is 34.1 Å². The summed E-state index contributed by atoms with van der Waals surface area (Å²) in [6, 6.07) is 14.0. The van der Waals surface area contributed by atoms with E-state index in [4.69, 9.17) is 0 Å². The maximum absolute atomic E-state index is 13.3. The number of halogens is 2. The molecular formula is C18H19BrFN. The van der Waals surface area contributed by atoms with E-state index in [0.29, 0.717) is 6.04 Å². The van der Waals surface area contributed by atoms with Gasteiger partial charge in [-0.25, -0.2) is 4.39 Å². The standard InChI is InChI=1S/C18H19BrFN/c1-12(13-3-2-4-17(20)10-13)21-18-8-6-14-9-16(19)7-5-15(14)11-18/h2-5,7,9-10,12,18,21H,6,8,11H2,1H3/t12-,18?/m0/s1. The van der Waals surface area contributed by atoms with Gasteiger partial charge in [-0.05, 0) is 67.1 Å². The largest absolute Gasteiger partial charge is 0.307 e. The smallest absolute Gasteiger partial charge is 0.123 e. The number of fused-ring (bicyclic) bond motifs is 1. The average molecular weight is 348 g/mol. The summed E-state index contributed by atoms with van der Waals surface area (Å²) in [6.07, 6.45) is 3.27. The highest BCUT2D eigenvalue weighted by atomic mass is 79.9. The maximum Gasteiger partial charge on any atom is 0.123 e. The summed E-state index contributed by atoms with van der Waals surface area (Å²) in [7, 11) is 0. The quantitative estimate of drug-likeness (QED) is 0.841. The molecule has 1 aliphatic carbocycles. The third-order valence-electron chi connectivity index (χ3n) is 4.23. The Labute approximate surface area is 133 Å². The molecule has 1 unspecified atom stereocenters. The lowest BCUT2D eigenvalue weighted by molar-refractivity contribution is 0.413. The van der Waals surface area contributed by atoms with Crippen molar-refractivity contribution in [2.24, 2.45) is 0 Å². The van der Waals surface area contributed by atoms with Crippen LogP contribution in [0.2, 0.25) is 0 Å². The molecule has 1 N–H and O–H groups in total. The van der Waals surface area contributed by atoms with Crippen LogP contribution in [0.15, 0.2) is 46.9 Å². The van der Waals surface area contributed by atoms with E-state index in [2.05, 4.69) is 46.4 Å². The first-order chi connectivity index (χ1) is 10.1. The number of benzene rings is 2. The van der Waals surface area contributed by atoms with Crippen molar-refractivity contribution in [3.8, 4) is 0 Å². The number of nitrogens with one attached hydrogen (secondary N) is 1. The molecule has 0 heterocycles. The van der Waals surface area contributed by atoms with Crippen molar-refractivity contribution in [3.05, 3.63) is 69.4 Å². The zero-order chi connectivity index (χ0) is 14.8. The molecule has 0 aromatic heterocycles. The van der Waals surface area contributed by atoms with Gasteiger partial charge in [0, 0.05) is 16.6 Å². The zero-order valence-corrected chi connectivity index (χ0v) is 13.7. The highest BCUT2D eigenvalue weighted by Crippen LogP contribution is 2.26. The Bertz CT molecular complexity index is 641. The van der Waals surface area contributed by atoms with Crippen molar-refractivity contribution >= 4 is 15.9 Å². The van der Waals surface area contributed by atoms with E-state index in [0.717, 1.165) is 29.3 Å². The van der Waals surface area contributed by atoms with E-state index in [1.54, 1.807) is 12.1 Å². The lowest BCUT2D eigenvalue weighted by Crippen LogP contribution is -2.36. The van der Waals surface area contributed by atoms with Crippen molar-refractivity contribution in [3.63, 3.8) is 0 Å². The van der Waals surface area contributed by atoms with Gasteiger partial charge in [-0.2, -0.15) is 0 Å². The van der Waals surface area contributed by atoms with Crippen molar-refractivity contribution in [2.45, 2.75) is 38.3 Å². The molecule has 0 fully saturated rings. The fourth-order valence-corrected chi connectivity index (χ4v) is 3.50. The van der Waals surface area contributed by atoms with E-state index < -0.39 is 0 Å². The Morgan fingerprint density at radius 1 is 1.19 bits per heavy atom. The van der Waals surface area contributed by atoms with Crippen LogP contribution in [0.4, 0.5) is 4.39 Å². The summed E-state index contributed by atoms with van der Waals surface area (Å²) in [6.45, 7) is 2.10. The molecule has 3 rings (SSSR count). The number of aryl methyl sites for hydroxylation is 1. The Kier molecular flexibility index (Phi) is 4.41. The first-order valence-electron chi connectivity index (χ1n) is 7.40.